The van der Waals surface area contributed by atoms with E-state index in [2.05, 4.69) is 9.80 Å². The zero-order valence-electron chi connectivity index (χ0n) is 11.5. The normalized spacial score (nSPS) is 17.7. The summed E-state index contributed by atoms with van der Waals surface area (Å²) in [4.78, 5) is 4.83. The third-order valence-corrected chi connectivity index (χ3v) is 3.84. The Morgan fingerprint density at radius 3 is 2.35 bits per heavy atom. The predicted molar refractivity (Wildman–Crippen MR) is 84.8 cm³/mol. The van der Waals surface area contributed by atoms with Gasteiger partial charge in [-0.1, -0.05) is 29.3 Å². The van der Waals surface area contributed by atoms with Gasteiger partial charge in [-0.2, -0.15) is 0 Å². The first-order chi connectivity index (χ1) is 9.78. The lowest BCUT2D eigenvalue weighted by atomic mass is 10.3. The lowest BCUT2D eigenvalue weighted by molar-refractivity contribution is 0.125. The van der Waals surface area contributed by atoms with Crippen molar-refractivity contribution in [2.75, 3.05) is 45.9 Å². The topological polar surface area (TPSA) is 15.7 Å². The summed E-state index contributed by atoms with van der Waals surface area (Å²) >= 11 is 11.4. The summed E-state index contributed by atoms with van der Waals surface area (Å²) in [6.07, 6.45) is 1.99. The first-order valence-corrected chi connectivity index (χ1v) is 7.67. The molecule has 0 saturated carbocycles. The molecule has 0 aromatic heterocycles. The highest BCUT2D eigenvalue weighted by atomic mass is 35.5. The van der Waals surface area contributed by atoms with Crippen molar-refractivity contribution in [1.29, 1.82) is 0 Å². The van der Waals surface area contributed by atoms with Crippen LogP contribution >= 0.6 is 23.2 Å². The molecule has 1 aromatic carbocycles. The van der Waals surface area contributed by atoms with Crippen LogP contribution in [-0.4, -0.2) is 55.7 Å². The maximum Gasteiger partial charge on any atom is 0.119 e. The van der Waals surface area contributed by atoms with Crippen molar-refractivity contribution in [3.05, 3.63) is 40.9 Å². The summed E-state index contributed by atoms with van der Waals surface area (Å²) in [5, 5.41) is 0.736. The number of halogens is 2. The molecule has 1 fully saturated rings. The van der Waals surface area contributed by atoms with Crippen molar-refractivity contribution < 1.29 is 4.74 Å². The van der Waals surface area contributed by atoms with E-state index in [1.165, 1.54) is 0 Å². The molecule has 1 aromatic rings. The van der Waals surface area contributed by atoms with Crippen molar-refractivity contribution >= 4 is 23.2 Å². The molecule has 0 radical (unpaired) electrons. The molecule has 0 N–H and O–H groups in total. The summed E-state index contributed by atoms with van der Waals surface area (Å²) in [7, 11) is 0. The number of ether oxygens (including phenoxy) is 1. The summed E-state index contributed by atoms with van der Waals surface area (Å²) < 4.78 is 5.71. The molecule has 20 heavy (non-hydrogen) atoms. The van der Waals surface area contributed by atoms with Crippen LogP contribution in [0.15, 0.2) is 35.9 Å². The van der Waals surface area contributed by atoms with Crippen LogP contribution in [0.25, 0.3) is 0 Å². The third kappa shape index (κ3) is 5.33. The molecule has 1 aliphatic rings. The second kappa shape index (κ2) is 8.53. The smallest absolute Gasteiger partial charge is 0.119 e. The van der Waals surface area contributed by atoms with E-state index in [0.717, 1.165) is 50.0 Å². The van der Waals surface area contributed by atoms with E-state index in [1.54, 1.807) is 5.54 Å². The summed E-state index contributed by atoms with van der Waals surface area (Å²) in [5.74, 6) is 0.875. The van der Waals surface area contributed by atoms with E-state index in [9.17, 15) is 0 Å². The van der Waals surface area contributed by atoms with Crippen LogP contribution in [0.1, 0.15) is 0 Å². The van der Waals surface area contributed by atoms with Crippen molar-refractivity contribution in [3.63, 3.8) is 0 Å². The fourth-order valence-electron chi connectivity index (χ4n) is 2.21. The van der Waals surface area contributed by atoms with Crippen molar-refractivity contribution in [1.82, 2.24) is 9.80 Å². The molecule has 1 saturated heterocycles. The highest BCUT2D eigenvalue weighted by Gasteiger charge is 2.15. The Morgan fingerprint density at radius 1 is 1.05 bits per heavy atom. The van der Waals surface area contributed by atoms with Gasteiger partial charge in [-0.3, -0.25) is 9.80 Å². The third-order valence-electron chi connectivity index (χ3n) is 3.41. The van der Waals surface area contributed by atoms with Crippen molar-refractivity contribution in [2.45, 2.75) is 0 Å². The zero-order valence-corrected chi connectivity index (χ0v) is 13.0. The van der Waals surface area contributed by atoms with Crippen LogP contribution in [0.3, 0.4) is 0 Å². The number of hydrogen-bond donors (Lipinski definition) is 0. The maximum absolute atomic E-state index is 5.84. The minimum absolute atomic E-state index is 0.712. The van der Waals surface area contributed by atoms with E-state index in [1.807, 2.05) is 30.3 Å². The number of piperazine rings is 1. The maximum atomic E-state index is 5.84. The molecule has 0 unspecified atom stereocenters. The first kappa shape index (κ1) is 15.6. The van der Waals surface area contributed by atoms with Crippen molar-refractivity contribution in [3.8, 4) is 5.75 Å². The Hall–Kier alpha value is -0.740. The molecule has 0 spiro atoms. The van der Waals surface area contributed by atoms with E-state index in [4.69, 9.17) is 27.9 Å². The lowest BCUT2D eigenvalue weighted by Gasteiger charge is -2.33. The van der Waals surface area contributed by atoms with Gasteiger partial charge in [0.1, 0.15) is 12.4 Å². The van der Waals surface area contributed by atoms with Crippen molar-refractivity contribution in [2.24, 2.45) is 0 Å². The van der Waals surface area contributed by atoms with Gasteiger partial charge in [-0.05, 0) is 24.3 Å². The summed E-state index contributed by atoms with van der Waals surface area (Å²) in [6.45, 7) is 6.95. The minimum atomic E-state index is 0.712. The minimum Gasteiger partial charge on any atom is -0.492 e. The molecule has 1 heterocycles. The molecule has 0 bridgehead atoms. The van der Waals surface area contributed by atoms with Crippen LogP contribution in [0.2, 0.25) is 5.02 Å². The first-order valence-electron chi connectivity index (χ1n) is 6.86. The van der Waals surface area contributed by atoms with Gasteiger partial charge in [0.2, 0.25) is 0 Å². The fourth-order valence-corrected chi connectivity index (χ4v) is 2.41. The SMILES string of the molecule is Cl/C=C/CN1CCN(CCOc2ccc(Cl)cc2)CC1. The Labute approximate surface area is 130 Å². The highest BCUT2D eigenvalue weighted by molar-refractivity contribution is 6.30. The van der Waals surface area contributed by atoms with Gasteiger partial charge in [-0.25, -0.2) is 0 Å². The van der Waals surface area contributed by atoms with Gasteiger partial charge >= 0.3 is 0 Å². The van der Waals surface area contributed by atoms with E-state index < -0.39 is 0 Å². The number of rotatable bonds is 6. The standard InChI is InChI=1S/C15H20Cl2N2O/c16-6-1-7-18-8-10-19(11-9-18)12-13-20-15-4-2-14(17)3-5-15/h1-6H,7-13H2/b6-1+. The summed E-state index contributed by atoms with van der Waals surface area (Å²) in [6, 6.07) is 7.50. The van der Waals surface area contributed by atoms with E-state index in [0.29, 0.717) is 6.61 Å². The quantitative estimate of drug-likeness (QED) is 0.802. The van der Waals surface area contributed by atoms with Gasteiger partial charge in [-0.15, -0.1) is 0 Å². The fraction of sp³-hybridized carbons (Fsp3) is 0.467. The zero-order chi connectivity index (χ0) is 14.2. The molecular weight excluding hydrogens is 295 g/mol. The second-order valence-corrected chi connectivity index (χ2v) is 5.49. The number of benzene rings is 1. The molecular formula is C15H20Cl2N2O. The van der Waals surface area contributed by atoms with E-state index in [-0.39, 0.29) is 0 Å². The summed E-state index contributed by atoms with van der Waals surface area (Å²) in [5.41, 5.74) is 1.59. The van der Waals surface area contributed by atoms with Gasteiger partial charge in [0.25, 0.3) is 0 Å². The Balaban J connectivity index is 1.62. The van der Waals surface area contributed by atoms with Gasteiger partial charge in [0.05, 0.1) is 0 Å². The molecule has 1 aliphatic heterocycles. The molecule has 0 atom stereocenters. The van der Waals surface area contributed by atoms with E-state index >= 15 is 0 Å². The van der Waals surface area contributed by atoms with Crippen LogP contribution in [0, 0.1) is 0 Å². The largest absolute Gasteiger partial charge is 0.492 e. The molecule has 0 amide bonds. The Bertz CT molecular complexity index is 414. The monoisotopic (exact) mass is 314 g/mol. The van der Waals surface area contributed by atoms with Crippen LogP contribution in [-0.2, 0) is 0 Å². The molecule has 5 heteroatoms. The van der Waals surface area contributed by atoms with Gasteiger partial charge < -0.3 is 4.74 Å². The second-order valence-electron chi connectivity index (χ2n) is 4.81. The molecule has 0 aliphatic carbocycles. The Morgan fingerprint density at radius 2 is 1.70 bits per heavy atom. The number of hydrogen-bond acceptors (Lipinski definition) is 3. The van der Waals surface area contributed by atoms with Gasteiger partial charge in [0, 0.05) is 49.8 Å². The van der Waals surface area contributed by atoms with Crippen LogP contribution < -0.4 is 4.74 Å². The molecule has 110 valence electrons. The number of nitrogens with zero attached hydrogens (tertiary/aromatic N) is 2. The molecule has 3 nitrogen and oxygen atoms in total. The average Bonchev–Trinajstić information content (AvgIpc) is 2.48. The highest BCUT2D eigenvalue weighted by Crippen LogP contribution is 2.15. The predicted octanol–water partition coefficient (Wildman–Crippen LogP) is 3.09. The van der Waals surface area contributed by atoms with Gasteiger partial charge in [0.15, 0.2) is 0 Å². The lowest BCUT2D eigenvalue weighted by Crippen LogP contribution is -2.47. The molecule has 2 rings (SSSR count). The van der Waals surface area contributed by atoms with Crippen LogP contribution in [0.4, 0.5) is 0 Å². The average molecular weight is 315 g/mol. The Kier molecular flexibility index (Phi) is 6.67. The van der Waals surface area contributed by atoms with Crippen LogP contribution in [0.5, 0.6) is 5.75 Å².